The smallest absolute Gasteiger partial charge is 0.307 e. The third-order valence-electron chi connectivity index (χ3n) is 7.91. The lowest BCUT2D eigenvalue weighted by Gasteiger charge is -2.20. The topological polar surface area (TPSA) is 38.3 Å². The van der Waals surface area contributed by atoms with Gasteiger partial charge < -0.3 is 8.39 Å². The van der Waals surface area contributed by atoms with Gasteiger partial charge in [0.2, 0.25) is 0 Å². The van der Waals surface area contributed by atoms with Gasteiger partial charge >= 0.3 is 8.16 Å². The first-order valence-corrected chi connectivity index (χ1v) is 15.3. The Morgan fingerprint density at radius 3 is 1.52 bits per heavy atom. The van der Waals surface area contributed by atoms with E-state index in [1.54, 1.807) is 0 Å². The van der Waals surface area contributed by atoms with Crippen molar-refractivity contribution in [3.63, 3.8) is 0 Å². The van der Waals surface area contributed by atoms with Crippen LogP contribution >= 0.6 is 8.16 Å². The van der Waals surface area contributed by atoms with Crippen molar-refractivity contribution in [2.45, 2.75) is 65.3 Å². The highest BCUT2D eigenvalue weighted by molar-refractivity contribution is 7.38. The maximum absolute atomic E-state index is 6.70. The van der Waals surface area contributed by atoms with Crippen molar-refractivity contribution in [2.24, 2.45) is 0 Å². The molecule has 0 spiro atoms. The fourth-order valence-electron chi connectivity index (χ4n) is 5.44. The molecule has 6 rings (SSSR count). The van der Waals surface area contributed by atoms with Crippen molar-refractivity contribution in [1.29, 1.82) is 0 Å². The minimum absolute atomic E-state index is 0.0698. The van der Waals surface area contributed by atoms with Gasteiger partial charge in [-0.25, -0.2) is 5.09 Å². The third-order valence-corrected chi connectivity index (χ3v) is 9.23. The number of hydrogen-bond acceptors (Lipinski definition) is 3. The van der Waals surface area contributed by atoms with E-state index in [4.69, 9.17) is 8.39 Å². The number of rotatable bonds is 3. The van der Waals surface area contributed by atoms with E-state index in [1.165, 1.54) is 38.2 Å². The van der Waals surface area contributed by atoms with Crippen LogP contribution in [0.2, 0.25) is 0 Å². The first-order chi connectivity index (χ1) is 19.0. The zero-order chi connectivity index (χ0) is 28.2. The van der Waals surface area contributed by atoms with Crippen molar-refractivity contribution in [1.82, 2.24) is 0 Å². The summed E-state index contributed by atoms with van der Waals surface area (Å²) in [5.41, 5.74) is 5.67. The van der Waals surface area contributed by atoms with Gasteiger partial charge in [0.25, 0.3) is 0 Å². The zero-order valence-electron chi connectivity index (χ0n) is 24.5. The SMILES string of the molecule is CC(Np1oc2ccc3cc(C(C)(C)C)ccc3c2c2c(ccc3cc(C(C)(C)C)ccc32)o1)c1ccccc1. The lowest BCUT2D eigenvalue weighted by Crippen LogP contribution is -2.10. The van der Waals surface area contributed by atoms with Crippen molar-refractivity contribution in [3.8, 4) is 0 Å². The quantitative estimate of drug-likeness (QED) is 0.239. The molecule has 0 saturated carbocycles. The predicted molar refractivity (Wildman–Crippen MR) is 173 cm³/mol. The van der Waals surface area contributed by atoms with Crippen LogP contribution < -0.4 is 5.09 Å². The Balaban J connectivity index is 1.69. The first-order valence-electron chi connectivity index (χ1n) is 14.1. The predicted octanol–water partition coefficient (Wildman–Crippen LogP) is 11.5. The second-order valence-electron chi connectivity index (χ2n) is 13.0. The number of hydrogen-bond donors (Lipinski definition) is 1. The van der Waals surface area contributed by atoms with E-state index in [1.807, 2.05) is 6.07 Å². The molecule has 1 aromatic heterocycles. The molecule has 0 radical (unpaired) electrons. The molecule has 0 saturated heterocycles. The van der Waals surface area contributed by atoms with Crippen LogP contribution in [0.25, 0.3) is 43.5 Å². The van der Waals surface area contributed by atoms with Crippen molar-refractivity contribution in [3.05, 3.63) is 108 Å². The van der Waals surface area contributed by atoms with Crippen LogP contribution in [0.3, 0.4) is 0 Å². The van der Waals surface area contributed by atoms with Gasteiger partial charge in [-0.1, -0.05) is 120 Å². The van der Waals surface area contributed by atoms with Gasteiger partial charge in [-0.15, -0.1) is 0 Å². The van der Waals surface area contributed by atoms with Crippen LogP contribution in [0.5, 0.6) is 0 Å². The van der Waals surface area contributed by atoms with Crippen LogP contribution in [-0.2, 0) is 10.8 Å². The summed E-state index contributed by atoms with van der Waals surface area (Å²) < 4.78 is 13.4. The lowest BCUT2D eigenvalue weighted by molar-refractivity contribution is 0.591. The molecule has 1 heterocycles. The molecule has 5 aromatic carbocycles. The van der Waals surface area contributed by atoms with E-state index in [0.29, 0.717) is 0 Å². The molecule has 0 aliphatic rings. The van der Waals surface area contributed by atoms with E-state index in [-0.39, 0.29) is 16.9 Å². The second-order valence-corrected chi connectivity index (χ2v) is 14.1. The van der Waals surface area contributed by atoms with E-state index in [9.17, 15) is 0 Å². The van der Waals surface area contributed by atoms with Gasteiger partial charge in [-0.05, 0) is 68.1 Å². The maximum atomic E-state index is 6.70. The lowest BCUT2D eigenvalue weighted by atomic mass is 9.84. The van der Waals surface area contributed by atoms with E-state index in [0.717, 1.165) is 21.9 Å². The monoisotopic (exact) mass is 547 g/mol. The summed E-state index contributed by atoms with van der Waals surface area (Å²) in [7, 11) is -1.44. The molecular formula is C36H38NO2P. The Kier molecular flexibility index (Phi) is 6.56. The van der Waals surface area contributed by atoms with E-state index >= 15 is 0 Å². The number of nitrogens with one attached hydrogen (secondary N) is 1. The third kappa shape index (κ3) is 4.94. The maximum Gasteiger partial charge on any atom is 0.307 e. The summed E-state index contributed by atoms with van der Waals surface area (Å²) in [6.45, 7) is 15.7. The van der Waals surface area contributed by atoms with Crippen LogP contribution in [0.1, 0.15) is 71.2 Å². The molecule has 6 aromatic rings. The second kappa shape index (κ2) is 9.84. The van der Waals surface area contributed by atoms with Gasteiger partial charge in [0.15, 0.2) is 0 Å². The Bertz CT molecular complexity index is 1790. The standard InChI is InChI=1S/C36H38NO2P/c1-23(24-11-9-8-10-12-24)37-40-38-31-19-13-25-21-27(35(2,3)4)15-17-29(25)33(31)34-30-18-16-28(36(5,6)7)22-26(30)14-20-32(34)39-40/h8-23,37H,1-7H3. The fourth-order valence-corrected chi connectivity index (χ4v) is 6.71. The van der Waals surface area contributed by atoms with E-state index in [2.05, 4.69) is 138 Å². The van der Waals surface area contributed by atoms with Gasteiger partial charge in [-0.2, -0.15) is 0 Å². The summed E-state index contributed by atoms with van der Waals surface area (Å²) >= 11 is 0. The summed E-state index contributed by atoms with van der Waals surface area (Å²) in [5, 5.41) is 10.6. The minimum Gasteiger partial charge on any atom is -0.408 e. The highest BCUT2D eigenvalue weighted by Crippen LogP contribution is 2.42. The average molecular weight is 548 g/mol. The molecule has 0 aliphatic heterocycles. The Morgan fingerprint density at radius 1 is 0.600 bits per heavy atom. The molecule has 0 aliphatic carbocycles. The molecule has 0 amide bonds. The van der Waals surface area contributed by atoms with Crippen LogP contribution in [0.4, 0.5) is 0 Å². The van der Waals surface area contributed by atoms with Crippen molar-refractivity contribution >= 4 is 51.6 Å². The van der Waals surface area contributed by atoms with Crippen molar-refractivity contribution in [2.75, 3.05) is 5.09 Å². The molecule has 0 fully saturated rings. The summed E-state index contributed by atoms with van der Waals surface area (Å²) in [6, 6.07) is 32.8. The highest BCUT2D eigenvalue weighted by atomic mass is 31.1. The average Bonchev–Trinajstić information content (AvgIpc) is 3.08. The fraction of sp³-hybridized carbons (Fsp3) is 0.278. The molecule has 0 bridgehead atoms. The molecule has 1 unspecified atom stereocenters. The number of fused-ring (bicyclic) bond motifs is 7. The van der Waals surface area contributed by atoms with Gasteiger partial charge in [0.05, 0.1) is 0 Å². The Hall–Kier alpha value is -3.52. The summed E-state index contributed by atoms with van der Waals surface area (Å²) in [6.07, 6.45) is 0. The molecule has 40 heavy (non-hydrogen) atoms. The molecule has 1 atom stereocenters. The minimum atomic E-state index is -1.44. The van der Waals surface area contributed by atoms with E-state index < -0.39 is 8.16 Å². The molecular weight excluding hydrogens is 509 g/mol. The first kappa shape index (κ1) is 26.7. The Labute approximate surface area is 237 Å². The highest BCUT2D eigenvalue weighted by Gasteiger charge is 2.19. The van der Waals surface area contributed by atoms with Crippen molar-refractivity contribution < 1.29 is 8.39 Å². The molecule has 4 heteroatoms. The van der Waals surface area contributed by atoms with Gasteiger partial charge in [0.1, 0.15) is 11.2 Å². The normalized spacial score (nSPS) is 13.4. The molecule has 3 nitrogen and oxygen atoms in total. The Morgan fingerprint density at radius 2 is 1.07 bits per heavy atom. The molecule has 1 N–H and O–H groups in total. The van der Waals surface area contributed by atoms with Gasteiger partial charge in [-0.3, -0.25) is 0 Å². The number of benzene rings is 5. The van der Waals surface area contributed by atoms with Crippen LogP contribution in [0.15, 0.2) is 99.4 Å². The largest absolute Gasteiger partial charge is 0.408 e. The summed E-state index contributed by atoms with van der Waals surface area (Å²) in [4.78, 5) is 0. The molecule has 204 valence electrons. The zero-order valence-corrected chi connectivity index (χ0v) is 25.4. The summed E-state index contributed by atoms with van der Waals surface area (Å²) in [5.74, 6) is 0. The van der Waals surface area contributed by atoms with Gasteiger partial charge in [0, 0.05) is 16.8 Å². The van der Waals surface area contributed by atoms with Crippen LogP contribution in [-0.4, -0.2) is 0 Å². The van der Waals surface area contributed by atoms with Crippen LogP contribution in [0, 0.1) is 0 Å².